The quantitative estimate of drug-likeness (QED) is 0.154. The van der Waals surface area contributed by atoms with Crippen molar-refractivity contribution in [1.29, 1.82) is 0 Å². The van der Waals surface area contributed by atoms with E-state index in [2.05, 4.69) is 79.1 Å². The van der Waals surface area contributed by atoms with Crippen LogP contribution in [0.5, 0.6) is 0 Å². The van der Waals surface area contributed by atoms with Crippen molar-refractivity contribution in [3.63, 3.8) is 0 Å². The van der Waals surface area contributed by atoms with Gasteiger partial charge in [0.1, 0.15) is 17.9 Å². The molecule has 2 aliphatic heterocycles. The Morgan fingerprint density at radius 1 is 0.860 bits per heavy atom. The first-order chi connectivity index (χ1) is 24.3. The summed E-state index contributed by atoms with van der Waals surface area (Å²) in [6, 6.07) is 15.5. The second kappa shape index (κ2) is 15.6. The van der Waals surface area contributed by atoms with Gasteiger partial charge in [0.15, 0.2) is 0 Å². The summed E-state index contributed by atoms with van der Waals surface area (Å²) in [5.41, 5.74) is 5.93. The van der Waals surface area contributed by atoms with Crippen LogP contribution in [0.4, 0.5) is 10.7 Å². The highest BCUT2D eigenvalue weighted by atomic mass is 16.5. The zero-order valence-corrected chi connectivity index (χ0v) is 29.1. The molecule has 4 heterocycles. The lowest BCUT2D eigenvalue weighted by Crippen LogP contribution is -2.51. The zero-order valence-electron chi connectivity index (χ0n) is 29.1. The number of hydrogen-bond acceptors (Lipinski definition) is 8. The van der Waals surface area contributed by atoms with Gasteiger partial charge >= 0.3 is 6.09 Å². The minimum atomic E-state index is -0.676. The lowest BCUT2D eigenvalue weighted by atomic mass is 10.0. The number of aromatic nitrogens is 4. The Bertz CT molecular complexity index is 1770. The van der Waals surface area contributed by atoms with Gasteiger partial charge in [-0.05, 0) is 53.9 Å². The Hall–Kier alpha value is -5.17. The number of hydrogen-bond donors (Lipinski definition) is 4. The molecule has 3 atom stereocenters. The third-order valence-corrected chi connectivity index (χ3v) is 9.56. The lowest BCUT2D eigenvalue weighted by molar-refractivity contribution is -0.135. The molecule has 3 unspecified atom stereocenters. The smallest absolute Gasteiger partial charge is 0.407 e. The normalized spacial score (nSPS) is 18.0. The Morgan fingerprint density at radius 2 is 1.48 bits per heavy atom. The average molecular weight is 683 g/mol. The summed E-state index contributed by atoms with van der Waals surface area (Å²) in [4.78, 5) is 58.1. The molecular weight excluding hydrogens is 636 g/mol. The number of rotatable bonds is 12. The number of amides is 3. The van der Waals surface area contributed by atoms with E-state index in [1.165, 1.54) is 7.11 Å². The number of anilines is 1. The molecule has 264 valence electrons. The number of carbonyl (C=O) groups is 3. The molecule has 2 fully saturated rings. The van der Waals surface area contributed by atoms with Gasteiger partial charge in [-0.3, -0.25) is 9.59 Å². The number of ether oxygens (including phenoxy) is 2. The number of imidazole rings is 2. The molecule has 50 heavy (non-hydrogen) atoms. The van der Waals surface area contributed by atoms with Gasteiger partial charge in [-0.1, -0.05) is 62.4 Å². The first-order valence-electron chi connectivity index (χ1n) is 17.3. The summed E-state index contributed by atoms with van der Waals surface area (Å²) in [6.07, 6.45) is 6.39. The monoisotopic (exact) mass is 682 g/mol. The van der Waals surface area contributed by atoms with Crippen LogP contribution in [0.3, 0.4) is 0 Å². The molecule has 0 saturated carbocycles. The molecule has 3 amide bonds. The van der Waals surface area contributed by atoms with Crippen molar-refractivity contribution in [2.45, 2.75) is 57.7 Å². The van der Waals surface area contributed by atoms with Crippen LogP contribution in [0.25, 0.3) is 33.6 Å². The Morgan fingerprint density at radius 3 is 2.12 bits per heavy atom. The van der Waals surface area contributed by atoms with Crippen molar-refractivity contribution < 1.29 is 23.9 Å². The van der Waals surface area contributed by atoms with Crippen LogP contribution >= 0.6 is 0 Å². The molecule has 2 aromatic carbocycles. The van der Waals surface area contributed by atoms with Crippen molar-refractivity contribution in [2.24, 2.45) is 5.92 Å². The summed E-state index contributed by atoms with van der Waals surface area (Å²) in [5, 5.41) is 5.64. The van der Waals surface area contributed by atoms with E-state index in [-0.39, 0.29) is 29.8 Å². The number of benzene rings is 2. The topological polar surface area (TPSA) is 158 Å². The van der Waals surface area contributed by atoms with Crippen molar-refractivity contribution in [3.8, 4) is 33.6 Å². The molecular formula is C37H46N8O5. The van der Waals surface area contributed by atoms with E-state index >= 15 is 0 Å². The van der Waals surface area contributed by atoms with Crippen molar-refractivity contribution in [1.82, 2.24) is 35.5 Å². The van der Waals surface area contributed by atoms with E-state index in [9.17, 15) is 14.4 Å². The second-order valence-corrected chi connectivity index (χ2v) is 13.1. The average Bonchev–Trinajstić information content (AvgIpc) is 3.97. The van der Waals surface area contributed by atoms with Gasteiger partial charge < -0.3 is 39.9 Å². The number of carbonyl (C=O) groups excluding carboxylic acids is 3. The van der Waals surface area contributed by atoms with Crippen LogP contribution < -0.4 is 15.5 Å². The van der Waals surface area contributed by atoms with Crippen LogP contribution in [0.15, 0.2) is 60.9 Å². The number of alkyl carbamates (subject to hydrolysis) is 1. The van der Waals surface area contributed by atoms with Crippen LogP contribution in [0, 0.1) is 5.92 Å². The zero-order chi connectivity index (χ0) is 35.2. The van der Waals surface area contributed by atoms with E-state index < -0.39 is 12.1 Å². The van der Waals surface area contributed by atoms with Crippen LogP contribution in [-0.2, 0) is 19.1 Å². The van der Waals surface area contributed by atoms with Crippen LogP contribution in [-0.4, -0.2) is 95.3 Å². The van der Waals surface area contributed by atoms with Crippen molar-refractivity contribution in [3.05, 3.63) is 66.7 Å². The fourth-order valence-corrected chi connectivity index (χ4v) is 6.82. The summed E-state index contributed by atoms with van der Waals surface area (Å²) >= 11 is 0. The number of nitrogens with one attached hydrogen (secondary N) is 4. The number of likely N-dealkylation sites (tertiary alicyclic amines) is 1. The van der Waals surface area contributed by atoms with Crippen molar-refractivity contribution >= 4 is 23.9 Å². The number of methoxy groups -OCH3 is 2. The fourth-order valence-electron chi connectivity index (χ4n) is 6.82. The number of nitrogens with zero attached hydrogens (tertiary/aromatic N) is 4. The van der Waals surface area contributed by atoms with Gasteiger partial charge in [-0.15, -0.1) is 0 Å². The predicted octanol–water partition coefficient (Wildman–Crippen LogP) is 4.91. The predicted molar refractivity (Wildman–Crippen MR) is 190 cm³/mol. The van der Waals surface area contributed by atoms with E-state index in [0.29, 0.717) is 25.6 Å². The third kappa shape index (κ3) is 7.52. The van der Waals surface area contributed by atoms with Crippen LogP contribution in [0.2, 0.25) is 0 Å². The van der Waals surface area contributed by atoms with Crippen molar-refractivity contribution in [2.75, 3.05) is 45.4 Å². The standard InChI is InChI=1S/C37H46N8O5/c1-23(2)32(43-37(48)50-4)35(47)44-18-5-7-30(44)33-39-21-28(41-33)26-13-9-24(10-14-26)25-11-15-27(16-12-25)29-22-40-36(42-29)45-19-6-8-31(45)34(46)38-17-20-49-3/h9-16,21-23,30-32H,5-8,17-20H2,1-4H3,(H,38,46)(H,39,41)(H,40,42)(H,43,48). The number of aromatic amines is 2. The SMILES string of the molecule is COCCNC(=O)C1CCCN1c1ncc(-c2ccc(-c3ccc(-c4cnc(C5CCCN5C(=O)C(NC(=O)OC)C(C)C)[nH]4)cc3)cc2)[nH]1. The van der Waals surface area contributed by atoms with Gasteiger partial charge in [0.25, 0.3) is 0 Å². The minimum Gasteiger partial charge on any atom is -0.453 e. The fraction of sp³-hybridized carbons (Fsp3) is 0.432. The largest absolute Gasteiger partial charge is 0.453 e. The molecule has 13 heteroatoms. The van der Waals surface area contributed by atoms with E-state index in [4.69, 9.17) is 9.47 Å². The molecule has 13 nitrogen and oxygen atoms in total. The molecule has 0 bridgehead atoms. The van der Waals surface area contributed by atoms with Gasteiger partial charge in [0.2, 0.25) is 17.8 Å². The molecule has 4 N–H and O–H groups in total. The molecule has 2 aromatic heterocycles. The maximum atomic E-state index is 13.5. The molecule has 4 aromatic rings. The molecule has 2 aliphatic rings. The summed E-state index contributed by atoms with van der Waals surface area (Å²) in [7, 11) is 2.91. The van der Waals surface area contributed by atoms with E-state index in [1.807, 2.05) is 36.0 Å². The third-order valence-electron chi connectivity index (χ3n) is 9.56. The van der Waals surface area contributed by atoms with Gasteiger partial charge in [0, 0.05) is 26.7 Å². The lowest BCUT2D eigenvalue weighted by Gasteiger charge is -2.30. The Balaban J connectivity index is 1.10. The second-order valence-electron chi connectivity index (χ2n) is 13.1. The number of H-pyrrole nitrogens is 2. The summed E-state index contributed by atoms with van der Waals surface area (Å²) < 4.78 is 9.80. The minimum absolute atomic E-state index is 0.000534. The Kier molecular flexibility index (Phi) is 10.8. The highest BCUT2D eigenvalue weighted by Crippen LogP contribution is 2.34. The first-order valence-corrected chi connectivity index (χ1v) is 17.3. The van der Waals surface area contributed by atoms with Gasteiger partial charge in [0.05, 0.1) is 43.5 Å². The Labute approximate surface area is 292 Å². The highest BCUT2D eigenvalue weighted by molar-refractivity contribution is 5.87. The maximum Gasteiger partial charge on any atom is 0.407 e. The van der Waals surface area contributed by atoms with E-state index in [1.54, 1.807) is 7.11 Å². The first kappa shape index (κ1) is 34.7. The maximum absolute atomic E-state index is 13.5. The van der Waals surface area contributed by atoms with Gasteiger partial charge in [-0.2, -0.15) is 0 Å². The van der Waals surface area contributed by atoms with E-state index in [0.717, 1.165) is 71.7 Å². The molecule has 0 radical (unpaired) electrons. The molecule has 2 saturated heterocycles. The van der Waals surface area contributed by atoms with Crippen LogP contribution in [0.1, 0.15) is 51.4 Å². The molecule has 0 spiro atoms. The molecule has 6 rings (SSSR count). The summed E-state index contributed by atoms with van der Waals surface area (Å²) in [5.74, 6) is 1.21. The highest BCUT2D eigenvalue weighted by Gasteiger charge is 2.37. The molecule has 0 aliphatic carbocycles. The van der Waals surface area contributed by atoms with Gasteiger partial charge in [-0.25, -0.2) is 14.8 Å². The summed E-state index contributed by atoms with van der Waals surface area (Å²) in [6.45, 7) is 6.16.